The van der Waals surface area contributed by atoms with Crippen LogP contribution >= 0.6 is 23.5 Å². The Kier molecular flexibility index (Phi) is 5.58. The maximum absolute atomic E-state index is 10.7. The first-order valence-corrected chi connectivity index (χ1v) is 6.88. The van der Waals surface area contributed by atoms with Crippen molar-refractivity contribution in [1.29, 1.82) is 0 Å². The van der Waals surface area contributed by atoms with Crippen molar-refractivity contribution in [3.05, 3.63) is 35.9 Å². The fourth-order valence-electron chi connectivity index (χ4n) is 1.14. The van der Waals surface area contributed by atoms with Gasteiger partial charge in [-0.3, -0.25) is 4.79 Å². The van der Waals surface area contributed by atoms with Gasteiger partial charge in [-0.15, -0.1) is 11.8 Å². The molecule has 0 fully saturated rings. The van der Waals surface area contributed by atoms with Crippen LogP contribution in [0.2, 0.25) is 0 Å². The molecule has 0 saturated carbocycles. The van der Waals surface area contributed by atoms with Crippen molar-refractivity contribution in [2.24, 2.45) is 0 Å². The van der Waals surface area contributed by atoms with E-state index in [1.54, 1.807) is 18.7 Å². The molecule has 0 saturated heterocycles. The molecule has 0 spiro atoms. The topological polar surface area (TPSA) is 17.1 Å². The summed E-state index contributed by atoms with van der Waals surface area (Å²) >= 11 is 3.07. The Morgan fingerprint density at radius 3 is 2.80 bits per heavy atom. The van der Waals surface area contributed by atoms with Gasteiger partial charge in [0.05, 0.1) is 0 Å². The number of carbonyl (C=O) groups is 1. The van der Waals surface area contributed by atoms with Crippen LogP contribution in [0.25, 0.3) is 6.08 Å². The summed E-state index contributed by atoms with van der Waals surface area (Å²) in [5.74, 6) is 0.748. The fraction of sp³-hybridized carbons (Fsp3) is 0.250. The average Bonchev–Trinajstić information content (AvgIpc) is 2.24. The first-order valence-electron chi connectivity index (χ1n) is 4.67. The van der Waals surface area contributed by atoms with Crippen LogP contribution in [0.4, 0.5) is 0 Å². The average molecular weight is 238 g/mol. The molecular weight excluding hydrogens is 224 g/mol. The second kappa shape index (κ2) is 6.75. The highest BCUT2D eigenvalue weighted by Gasteiger charge is 1.95. The molecule has 1 rings (SSSR count). The third-order valence-electron chi connectivity index (χ3n) is 1.82. The SMILES string of the molecule is CSc1ccccc1C=CCSC(C)=O. The summed E-state index contributed by atoms with van der Waals surface area (Å²) in [5.41, 5.74) is 1.22. The van der Waals surface area contributed by atoms with Gasteiger partial charge >= 0.3 is 0 Å². The Morgan fingerprint density at radius 2 is 2.13 bits per heavy atom. The Balaban J connectivity index is 2.59. The van der Waals surface area contributed by atoms with E-state index in [0.717, 1.165) is 5.75 Å². The van der Waals surface area contributed by atoms with Crippen molar-refractivity contribution < 1.29 is 4.79 Å². The van der Waals surface area contributed by atoms with Crippen molar-refractivity contribution in [3.8, 4) is 0 Å². The maximum atomic E-state index is 10.7. The lowest BCUT2D eigenvalue weighted by molar-refractivity contribution is -0.109. The molecule has 15 heavy (non-hydrogen) atoms. The minimum atomic E-state index is 0.165. The Labute approximate surface area is 99.3 Å². The number of hydrogen-bond acceptors (Lipinski definition) is 3. The molecular formula is C12H14OS2. The number of rotatable bonds is 4. The lowest BCUT2D eigenvalue weighted by atomic mass is 10.2. The molecule has 1 nitrogen and oxygen atoms in total. The number of thioether (sulfide) groups is 2. The molecule has 1 aromatic rings. The van der Waals surface area contributed by atoms with E-state index in [4.69, 9.17) is 0 Å². The van der Waals surface area contributed by atoms with Crippen LogP contribution in [-0.4, -0.2) is 17.1 Å². The highest BCUT2D eigenvalue weighted by molar-refractivity contribution is 8.13. The third kappa shape index (κ3) is 4.58. The third-order valence-corrected chi connectivity index (χ3v) is 3.40. The molecule has 0 radical (unpaired) electrons. The second-order valence-electron chi connectivity index (χ2n) is 2.95. The molecule has 80 valence electrons. The summed E-state index contributed by atoms with van der Waals surface area (Å²) in [4.78, 5) is 12.0. The standard InChI is InChI=1S/C12H14OS2/c1-10(13)15-9-5-7-11-6-3-4-8-12(11)14-2/h3-8H,9H2,1-2H3. The molecule has 0 heterocycles. The monoisotopic (exact) mass is 238 g/mol. The van der Waals surface area contributed by atoms with Gasteiger partial charge in [0.15, 0.2) is 5.12 Å². The maximum Gasteiger partial charge on any atom is 0.186 e. The fourth-order valence-corrected chi connectivity index (χ4v) is 2.16. The molecule has 0 aliphatic rings. The van der Waals surface area contributed by atoms with Gasteiger partial charge in [0.25, 0.3) is 0 Å². The molecule has 0 atom stereocenters. The number of carbonyl (C=O) groups excluding carboxylic acids is 1. The molecule has 0 amide bonds. The molecule has 0 N–H and O–H groups in total. The van der Waals surface area contributed by atoms with Crippen LogP contribution in [0, 0.1) is 0 Å². The van der Waals surface area contributed by atoms with Crippen molar-refractivity contribution in [3.63, 3.8) is 0 Å². The minimum absolute atomic E-state index is 0.165. The van der Waals surface area contributed by atoms with Gasteiger partial charge in [-0.1, -0.05) is 42.1 Å². The van der Waals surface area contributed by atoms with Gasteiger partial charge < -0.3 is 0 Å². The molecule has 0 aliphatic carbocycles. The largest absolute Gasteiger partial charge is 0.288 e. The summed E-state index contributed by atoms with van der Waals surface area (Å²) in [6.45, 7) is 1.59. The van der Waals surface area contributed by atoms with Crippen LogP contribution in [0.15, 0.2) is 35.2 Å². The predicted octanol–water partition coefficient (Wildman–Crippen LogP) is 3.70. The minimum Gasteiger partial charge on any atom is -0.288 e. The zero-order valence-electron chi connectivity index (χ0n) is 8.90. The van der Waals surface area contributed by atoms with Gasteiger partial charge in [0.1, 0.15) is 0 Å². The van der Waals surface area contributed by atoms with E-state index in [2.05, 4.69) is 24.5 Å². The lowest BCUT2D eigenvalue weighted by Crippen LogP contribution is -1.82. The smallest absolute Gasteiger partial charge is 0.186 e. The van der Waals surface area contributed by atoms with E-state index in [1.165, 1.54) is 22.2 Å². The summed E-state index contributed by atoms with van der Waals surface area (Å²) in [6.07, 6.45) is 6.17. The summed E-state index contributed by atoms with van der Waals surface area (Å²) < 4.78 is 0. The van der Waals surface area contributed by atoms with E-state index < -0.39 is 0 Å². The van der Waals surface area contributed by atoms with Crippen molar-refractivity contribution in [2.45, 2.75) is 11.8 Å². The number of benzene rings is 1. The van der Waals surface area contributed by atoms with Crippen LogP contribution in [-0.2, 0) is 4.79 Å². The molecule has 3 heteroatoms. The Bertz CT molecular complexity index is 358. The lowest BCUT2D eigenvalue weighted by Gasteiger charge is -2.00. The van der Waals surface area contributed by atoms with Gasteiger partial charge in [0.2, 0.25) is 0 Å². The van der Waals surface area contributed by atoms with Crippen LogP contribution in [0.3, 0.4) is 0 Å². The molecule has 0 aromatic heterocycles. The molecule has 0 bridgehead atoms. The van der Waals surface area contributed by atoms with Gasteiger partial charge in [-0.05, 0) is 17.9 Å². The highest BCUT2D eigenvalue weighted by Crippen LogP contribution is 2.21. The quantitative estimate of drug-likeness (QED) is 0.744. The van der Waals surface area contributed by atoms with Crippen molar-refractivity contribution in [2.75, 3.05) is 12.0 Å². The van der Waals surface area contributed by atoms with Gasteiger partial charge in [0, 0.05) is 17.6 Å². The first kappa shape index (κ1) is 12.4. The second-order valence-corrected chi connectivity index (χ2v) is 4.99. The predicted molar refractivity (Wildman–Crippen MR) is 70.4 cm³/mol. The van der Waals surface area contributed by atoms with Crippen LogP contribution in [0.5, 0.6) is 0 Å². The van der Waals surface area contributed by atoms with Crippen molar-refractivity contribution >= 4 is 34.7 Å². The van der Waals surface area contributed by atoms with Crippen molar-refractivity contribution in [1.82, 2.24) is 0 Å². The van der Waals surface area contributed by atoms with E-state index >= 15 is 0 Å². The summed E-state index contributed by atoms with van der Waals surface area (Å²) in [7, 11) is 0. The van der Waals surface area contributed by atoms with Crippen LogP contribution in [0.1, 0.15) is 12.5 Å². The van der Waals surface area contributed by atoms with E-state index in [9.17, 15) is 4.79 Å². The van der Waals surface area contributed by atoms with Gasteiger partial charge in [-0.25, -0.2) is 0 Å². The zero-order valence-corrected chi connectivity index (χ0v) is 10.5. The summed E-state index contributed by atoms with van der Waals surface area (Å²) in [6, 6.07) is 8.24. The Morgan fingerprint density at radius 1 is 1.40 bits per heavy atom. The van der Waals surface area contributed by atoms with Crippen LogP contribution < -0.4 is 0 Å². The van der Waals surface area contributed by atoms with Gasteiger partial charge in [-0.2, -0.15) is 0 Å². The zero-order chi connectivity index (χ0) is 11.1. The Hall–Kier alpha value is -0.670. The first-order chi connectivity index (χ1) is 7.24. The van der Waals surface area contributed by atoms with E-state index in [-0.39, 0.29) is 5.12 Å². The van der Waals surface area contributed by atoms with E-state index in [1.807, 2.05) is 18.2 Å². The highest BCUT2D eigenvalue weighted by atomic mass is 32.2. The molecule has 0 unspecified atom stereocenters. The summed E-state index contributed by atoms with van der Waals surface area (Å²) in [5, 5.41) is 0.165. The normalized spacial score (nSPS) is 10.8. The number of hydrogen-bond donors (Lipinski definition) is 0. The molecule has 0 aliphatic heterocycles. The molecule has 1 aromatic carbocycles. The van der Waals surface area contributed by atoms with E-state index in [0.29, 0.717) is 0 Å².